The number of hydrogen-bond acceptors (Lipinski definition) is 15. The van der Waals surface area contributed by atoms with Crippen LogP contribution in [0.25, 0.3) is 11.2 Å². The molecule has 28 heteroatoms. The van der Waals surface area contributed by atoms with Gasteiger partial charge in [-0.05, 0) is 0 Å². The first-order chi connectivity index (χ1) is 17.2. The first-order valence-corrected chi connectivity index (χ1v) is 16.8. The van der Waals surface area contributed by atoms with Crippen molar-refractivity contribution in [3.8, 4) is 0 Å². The fourth-order valence-corrected chi connectivity index (χ4v) is 7.83. The molecule has 9 N–H and O–H groups in total. The van der Waals surface area contributed by atoms with Gasteiger partial charge in [0.2, 0.25) is 0 Å². The summed E-state index contributed by atoms with van der Waals surface area (Å²) in [6.45, 7) is -1.15. The monoisotopic (exact) mass is 651 g/mol. The summed E-state index contributed by atoms with van der Waals surface area (Å²) >= 11 is 0. The van der Waals surface area contributed by atoms with E-state index in [2.05, 4.69) is 32.4 Å². The van der Waals surface area contributed by atoms with Gasteiger partial charge in [-0.25, -0.2) is 37.8 Å². The van der Waals surface area contributed by atoms with Crippen LogP contribution in [0.1, 0.15) is 12.6 Å². The molecular formula is C10H18N5O18P5. The Labute approximate surface area is 209 Å². The van der Waals surface area contributed by atoms with Crippen molar-refractivity contribution < 1.29 is 83.8 Å². The molecule has 1 aliphatic rings. The zero-order chi connectivity index (χ0) is 28.7. The number of ether oxygens (including phenoxy) is 1. The Balaban J connectivity index is 1.82. The van der Waals surface area contributed by atoms with Crippen molar-refractivity contribution in [1.82, 2.24) is 19.5 Å². The minimum atomic E-state index is -5.86. The summed E-state index contributed by atoms with van der Waals surface area (Å²) < 4.78 is 84.2. The van der Waals surface area contributed by atoms with E-state index in [0.717, 1.165) is 12.7 Å². The quantitative estimate of drug-likeness (QED) is 0.136. The summed E-state index contributed by atoms with van der Waals surface area (Å²) in [6.07, 6.45) is -2.76. The molecule has 3 rings (SSSR count). The van der Waals surface area contributed by atoms with Crippen LogP contribution in [0.2, 0.25) is 0 Å². The first kappa shape index (κ1) is 31.5. The minimum absolute atomic E-state index is 0.0290. The van der Waals surface area contributed by atoms with Crippen molar-refractivity contribution in [3.63, 3.8) is 0 Å². The molecule has 23 nitrogen and oxygen atoms in total. The van der Waals surface area contributed by atoms with E-state index < -0.39 is 70.6 Å². The highest BCUT2D eigenvalue weighted by molar-refractivity contribution is 7.66. The predicted molar refractivity (Wildman–Crippen MR) is 116 cm³/mol. The molecule has 1 aliphatic heterocycles. The summed E-state index contributed by atoms with van der Waals surface area (Å²) in [5, 5.41) is 0. The van der Waals surface area contributed by atoms with Gasteiger partial charge in [0.05, 0.1) is 12.9 Å². The van der Waals surface area contributed by atoms with Gasteiger partial charge in [-0.2, -0.15) is 12.9 Å². The van der Waals surface area contributed by atoms with Crippen LogP contribution in [0.3, 0.4) is 0 Å². The van der Waals surface area contributed by atoms with Crippen molar-refractivity contribution in [3.05, 3.63) is 12.7 Å². The second-order valence-electron chi connectivity index (χ2n) is 7.02. The van der Waals surface area contributed by atoms with Gasteiger partial charge in [-0.3, -0.25) is 13.6 Å². The molecule has 2 aromatic rings. The third-order valence-corrected chi connectivity index (χ3v) is 10.2. The first-order valence-electron chi connectivity index (χ1n) is 9.30. The molecule has 1 fully saturated rings. The lowest BCUT2D eigenvalue weighted by atomic mass is 10.2. The van der Waals surface area contributed by atoms with Gasteiger partial charge in [0, 0.05) is 6.42 Å². The number of nitrogens with zero attached hydrogens (tertiary/aromatic N) is 4. The van der Waals surface area contributed by atoms with Crippen LogP contribution >= 0.6 is 39.1 Å². The second-order valence-corrected chi connectivity index (χ2v) is 14.2. The largest absolute Gasteiger partial charge is 0.490 e. The van der Waals surface area contributed by atoms with Crippen LogP contribution in [-0.2, 0) is 49.5 Å². The molecule has 2 aromatic heterocycles. The van der Waals surface area contributed by atoms with Gasteiger partial charge in [0.15, 0.2) is 11.5 Å². The van der Waals surface area contributed by atoms with Crippen molar-refractivity contribution in [1.29, 1.82) is 0 Å². The fourth-order valence-electron chi connectivity index (χ4n) is 3.01. The van der Waals surface area contributed by atoms with Crippen LogP contribution in [-0.4, -0.2) is 72.6 Å². The summed E-state index contributed by atoms with van der Waals surface area (Å²) in [5.74, 6) is -0.0290. The van der Waals surface area contributed by atoms with Crippen molar-refractivity contribution in [2.75, 3.05) is 12.3 Å². The van der Waals surface area contributed by atoms with Crippen molar-refractivity contribution in [2.45, 2.75) is 24.9 Å². The molecular weight excluding hydrogens is 633 g/mol. The van der Waals surface area contributed by atoms with E-state index in [0.29, 0.717) is 0 Å². The number of nitrogens with two attached hydrogens (primary N) is 1. The Hall–Kier alpha value is -1.02. The third kappa shape index (κ3) is 9.00. The number of anilines is 1. The maximum Gasteiger partial charge on any atom is 0.490 e. The highest BCUT2D eigenvalue weighted by Gasteiger charge is 2.46. The van der Waals surface area contributed by atoms with Crippen molar-refractivity contribution >= 4 is 56.1 Å². The lowest BCUT2D eigenvalue weighted by Crippen LogP contribution is -2.28. The van der Waals surface area contributed by atoms with Gasteiger partial charge in [0.1, 0.15) is 30.3 Å². The molecule has 0 bridgehead atoms. The Morgan fingerprint density at radius 3 is 2.11 bits per heavy atom. The molecule has 6 atom stereocenters. The fraction of sp³-hybridized carbons (Fsp3) is 0.500. The van der Waals surface area contributed by atoms with E-state index in [1.807, 2.05) is 0 Å². The zero-order valence-electron chi connectivity index (χ0n) is 18.0. The van der Waals surface area contributed by atoms with E-state index in [-0.39, 0.29) is 17.0 Å². The van der Waals surface area contributed by atoms with Crippen molar-refractivity contribution in [2.24, 2.45) is 0 Å². The number of phosphoric ester groups is 2. The number of fused-ring (bicyclic) bond motifs is 1. The molecule has 3 heterocycles. The molecule has 0 aromatic carbocycles. The number of nitrogen functional groups attached to an aromatic ring is 1. The maximum atomic E-state index is 12.1. The Morgan fingerprint density at radius 1 is 0.895 bits per heavy atom. The summed E-state index contributed by atoms with van der Waals surface area (Å²) in [7, 11) is -28.2. The number of hydrogen-bond donors (Lipinski definition) is 8. The van der Waals surface area contributed by atoms with Gasteiger partial charge in [0.25, 0.3) is 0 Å². The molecule has 1 saturated heterocycles. The van der Waals surface area contributed by atoms with Gasteiger partial charge >= 0.3 is 39.1 Å². The number of aromatic nitrogens is 4. The summed E-state index contributed by atoms with van der Waals surface area (Å²) in [5.41, 5.74) is 5.91. The van der Waals surface area contributed by atoms with Crippen LogP contribution in [0.5, 0.6) is 0 Å². The predicted octanol–water partition coefficient (Wildman–Crippen LogP) is -0.366. The number of phosphoric acid groups is 5. The lowest BCUT2D eigenvalue weighted by molar-refractivity contribution is -0.0416. The Kier molecular flexibility index (Phi) is 9.20. The molecule has 0 aliphatic carbocycles. The second kappa shape index (κ2) is 11.1. The molecule has 0 saturated carbocycles. The normalized spacial score (nSPS) is 25.6. The SMILES string of the molecule is Nc1ncnc2c1ncn2[C@H]1C[C@H](OP(=O)(O)OP(=O)(O)O)[C@@H](COP(=O)(O)OP(=O)(O)OP(=O)(O)O)O1. The van der Waals surface area contributed by atoms with Gasteiger partial charge in [-0.15, -0.1) is 0 Å². The zero-order valence-corrected chi connectivity index (χ0v) is 22.5. The molecule has 3 unspecified atom stereocenters. The highest BCUT2D eigenvalue weighted by Crippen LogP contribution is 2.66. The third-order valence-electron chi connectivity index (χ3n) is 4.17. The summed E-state index contributed by atoms with van der Waals surface area (Å²) in [4.78, 5) is 75.1. The minimum Gasteiger partial charge on any atom is -0.382 e. The van der Waals surface area contributed by atoms with Crippen LogP contribution in [0.15, 0.2) is 12.7 Å². The Morgan fingerprint density at radius 2 is 1.50 bits per heavy atom. The van der Waals surface area contributed by atoms with Crippen LogP contribution < -0.4 is 5.73 Å². The average Bonchev–Trinajstić information content (AvgIpc) is 3.25. The van der Waals surface area contributed by atoms with E-state index >= 15 is 0 Å². The molecule has 0 amide bonds. The molecule has 216 valence electrons. The lowest BCUT2D eigenvalue weighted by Gasteiger charge is -2.22. The van der Waals surface area contributed by atoms with Crippen LogP contribution in [0, 0.1) is 0 Å². The number of imidazole rings is 1. The molecule has 38 heavy (non-hydrogen) atoms. The highest BCUT2D eigenvalue weighted by atomic mass is 31.3. The standard InChI is InChI=1S/C10H18N5O18P5/c11-9-8-10(13-3-12-9)15(4-14-8)7-1-5(30-37(24,25)31-34(16,17)18)6(29-7)2-28-36(22,23)33-38(26,27)32-35(19,20)21/h3-7H,1-2H2,(H,22,23)(H,24,25)(H,26,27)(H2,11,12,13)(H2,16,17,18)(H2,19,20,21)/t5-,6+,7+/m0/s1. The van der Waals surface area contributed by atoms with Gasteiger partial charge < -0.3 is 44.7 Å². The number of rotatable bonds is 12. The van der Waals surface area contributed by atoms with E-state index in [1.54, 1.807) is 0 Å². The molecule has 0 radical (unpaired) electrons. The van der Waals surface area contributed by atoms with E-state index in [9.17, 15) is 37.5 Å². The Bertz CT molecular complexity index is 1420. The summed E-state index contributed by atoms with van der Waals surface area (Å²) in [6, 6.07) is 0. The van der Waals surface area contributed by atoms with Crippen LogP contribution in [0.4, 0.5) is 5.82 Å². The average molecular weight is 651 g/mol. The molecule has 0 spiro atoms. The van der Waals surface area contributed by atoms with E-state index in [1.165, 1.54) is 4.57 Å². The van der Waals surface area contributed by atoms with E-state index in [4.69, 9.17) is 34.6 Å². The van der Waals surface area contributed by atoms with Gasteiger partial charge in [-0.1, -0.05) is 0 Å². The smallest absolute Gasteiger partial charge is 0.382 e. The maximum absolute atomic E-state index is 12.1. The topological polar surface area (TPSA) is 352 Å².